The van der Waals surface area contributed by atoms with Gasteiger partial charge in [0.2, 0.25) is 0 Å². The van der Waals surface area contributed by atoms with Crippen LogP contribution < -0.4 is 0 Å². The van der Waals surface area contributed by atoms with Gasteiger partial charge in [0.05, 0.1) is 21.6 Å². The quantitative estimate of drug-likeness (QED) is 0.232. The van der Waals surface area contributed by atoms with Crippen LogP contribution in [-0.4, -0.2) is 87.6 Å². The molecule has 8 N–H and O–H groups in total. The first-order valence-corrected chi connectivity index (χ1v) is 5.59. The summed E-state index contributed by atoms with van der Waals surface area (Å²) >= 11 is 0. The summed E-state index contributed by atoms with van der Waals surface area (Å²) in [5, 5.41) is 66.5. The van der Waals surface area contributed by atoms with Crippen molar-refractivity contribution in [3.8, 4) is 0 Å². The fourth-order valence-corrected chi connectivity index (χ4v) is 2.02. The van der Waals surface area contributed by atoms with Crippen molar-refractivity contribution in [2.75, 3.05) is 0 Å². The summed E-state index contributed by atoms with van der Waals surface area (Å²) < 4.78 is 0. The van der Waals surface area contributed by atoms with Crippen molar-refractivity contribution in [3.63, 3.8) is 0 Å². The van der Waals surface area contributed by atoms with Crippen LogP contribution in [-0.2, 0) is 19.4 Å². The van der Waals surface area contributed by atoms with Crippen molar-refractivity contribution in [1.29, 1.82) is 0 Å². The maximum absolute atomic E-state index is 8.70. The monoisotopic (exact) mass is 336 g/mol. The predicted octanol–water partition coefficient (Wildman–Crippen LogP) is -1.70. The van der Waals surface area contributed by atoms with Gasteiger partial charge < -0.3 is 0 Å². The molecule has 1 fully saturated rings. The van der Waals surface area contributed by atoms with Crippen molar-refractivity contribution in [3.05, 3.63) is 0 Å². The molecule has 1 rings (SSSR count). The Balaban J connectivity index is 2.93. The van der Waals surface area contributed by atoms with E-state index in [9.17, 15) is 0 Å². The second-order valence-corrected chi connectivity index (χ2v) is 4.02. The van der Waals surface area contributed by atoms with Crippen LogP contribution in [0, 0.1) is 0 Å². The molecule has 4 atom stereocenters. The molecule has 22 heavy (non-hydrogen) atoms. The first-order chi connectivity index (χ1) is 10.2. The van der Waals surface area contributed by atoms with Crippen LogP contribution in [0.4, 0.5) is 0 Å². The van der Waals surface area contributed by atoms with Gasteiger partial charge in [-0.15, -0.1) is 0 Å². The van der Waals surface area contributed by atoms with E-state index >= 15 is 0 Å². The highest BCUT2D eigenvalue weighted by molar-refractivity contribution is 4.90. The molecule has 0 amide bonds. The molecule has 0 saturated heterocycles. The lowest BCUT2D eigenvalue weighted by Crippen LogP contribution is -2.58. The number of hydrogen-bond donors (Lipinski definition) is 8. The third-order valence-corrected chi connectivity index (χ3v) is 2.68. The van der Waals surface area contributed by atoms with Crippen molar-refractivity contribution in [2.24, 2.45) is 0 Å². The van der Waals surface area contributed by atoms with Gasteiger partial charge in [0.1, 0.15) is 24.4 Å². The Kier molecular flexibility index (Phi) is 7.81. The van der Waals surface area contributed by atoms with Crippen LogP contribution in [0.15, 0.2) is 0 Å². The predicted molar refractivity (Wildman–Crippen MR) is 50.4 cm³/mol. The molecule has 0 spiro atoms. The molecule has 0 aromatic carbocycles. The lowest BCUT2D eigenvalue weighted by atomic mass is 9.89. The van der Waals surface area contributed by atoms with Gasteiger partial charge in [0.15, 0.2) is 0 Å². The van der Waals surface area contributed by atoms with E-state index in [2.05, 4.69) is 19.4 Å². The van der Waals surface area contributed by atoms with E-state index < -0.39 is 46.0 Å². The highest BCUT2D eigenvalue weighted by Crippen LogP contribution is 2.30. The average Bonchev–Trinajstić information content (AvgIpc) is 2.34. The van der Waals surface area contributed by atoms with Gasteiger partial charge in [-0.25, -0.2) is 19.4 Å². The first kappa shape index (κ1) is 19.4. The van der Waals surface area contributed by atoms with Gasteiger partial charge in [-0.3, -0.25) is 41.7 Å². The zero-order valence-corrected chi connectivity index (χ0v) is 10.7. The number of hydrogen-bond acceptors (Lipinski definition) is 16. The Morgan fingerprint density at radius 1 is 0.500 bits per heavy atom. The normalized spacial score (nSPS) is 30.0. The molecule has 1 saturated carbocycles. The molecule has 0 aromatic heterocycles. The summed E-state index contributed by atoms with van der Waals surface area (Å²) in [5.74, 6) is 0. The van der Waals surface area contributed by atoms with Crippen molar-refractivity contribution in [1.82, 2.24) is 21.6 Å². The third kappa shape index (κ3) is 6.23. The summed E-state index contributed by atoms with van der Waals surface area (Å²) in [6.45, 7) is 0. The minimum atomic E-state index is -1.63. The Bertz CT molecular complexity index is 288. The summed E-state index contributed by atoms with van der Waals surface area (Å²) in [5.41, 5.74) is 0. The van der Waals surface area contributed by atoms with Crippen LogP contribution >= 0.6 is 0 Å². The Morgan fingerprint density at radius 3 is 1.00 bits per heavy atom. The van der Waals surface area contributed by atoms with Crippen LogP contribution in [0.2, 0.25) is 0 Å². The van der Waals surface area contributed by atoms with Gasteiger partial charge in [0, 0.05) is 0 Å². The number of rotatable bonds is 8. The van der Waals surface area contributed by atoms with Crippen LogP contribution in [0.3, 0.4) is 0 Å². The van der Waals surface area contributed by atoms with Gasteiger partial charge >= 0.3 is 0 Å². The Morgan fingerprint density at radius 2 is 0.773 bits per heavy atom. The average molecular weight is 336 g/mol. The fraction of sp³-hybridized carbons (Fsp3) is 1.00. The molecule has 16 heteroatoms. The molecule has 0 heterocycles. The van der Waals surface area contributed by atoms with Crippen molar-refractivity contribution < 1.29 is 61.0 Å². The molecule has 0 aliphatic heterocycles. The zero-order chi connectivity index (χ0) is 16.9. The highest BCUT2D eigenvalue weighted by Gasteiger charge is 2.47. The standard InChI is InChI=1S/C6H16N4O12/c11-7(12)19-3-1-2-4(20-8(13)14)6(22-10(17)18)5(3)21-9(15)16/h3-6,11-18H,1-2H2. The molecule has 132 valence electrons. The Hall–Kier alpha value is -0.640. The van der Waals surface area contributed by atoms with E-state index in [4.69, 9.17) is 41.7 Å². The lowest BCUT2D eigenvalue weighted by Gasteiger charge is -2.40. The van der Waals surface area contributed by atoms with E-state index in [1.165, 1.54) is 0 Å². The summed E-state index contributed by atoms with van der Waals surface area (Å²) in [4.78, 5) is 17.9. The van der Waals surface area contributed by atoms with Gasteiger partial charge in [-0.2, -0.15) is 0 Å². The molecule has 0 radical (unpaired) electrons. The van der Waals surface area contributed by atoms with E-state index in [1.807, 2.05) is 0 Å². The number of nitrogens with zero attached hydrogens (tertiary/aromatic N) is 4. The third-order valence-electron chi connectivity index (χ3n) is 2.68. The maximum Gasteiger partial charge on any atom is 0.144 e. The topological polar surface area (TPSA) is 212 Å². The van der Waals surface area contributed by atoms with Crippen molar-refractivity contribution >= 4 is 0 Å². The summed E-state index contributed by atoms with van der Waals surface area (Å²) in [7, 11) is 0. The molecule has 0 bridgehead atoms. The molecular formula is C6H16N4O12. The lowest BCUT2D eigenvalue weighted by molar-refractivity contribution is -0.576. The van der Waals surface area contributed by atoms with Crippen LogP contribution in [0.25, 0.3) is 0 Å². The molecular weight excluding hydrogens is 320 g/mol. The largest absolute Gasteiger partial charge is 0.266 e. The van der Waals surface area contributed by atoms with Crippen molar-refractivity contribution in [2.45, 2.75) is 37.3 Å². The van der Waals surface area contributed by atoms with Gasteiger partial charge in [-0.1, -0.05) is 0 Å². The summed E-state index contributed by atoms with van der Waals surface area (Å²) in [6.07, 6.45) is -6.04. The van der Waals surface area contributed by atoms with Crippen LogP contribution in [0.1, 0.15) is 12.8 Å². The zero-order valence-electron chi connectivity index (χ0n) is 10.7. The van der Waals surface area contributed by atoms with E-state index in [1.54, 1.807) is 0 Å². The SMILES string of the molecule is ON(O)OC1CCC(ON(O)O)C(ON(O)O)C1ON(O)O. The summed E-state index contributed by atoms with van der Waals surface area (Å²) in [6, 6.07) is 0. The minimum absolute atomic E-state index is 0.0919. The highest BCUT2D eigenvalue weighted by atomic mass is 17.1. The second-order valence-electron chi connectivity index (χ2n) is 4.02. The first-order valence-electron chi connectivity index (χ1n) is 5.59. The molecule has 0 aromatic rings. The second kappa shape index (κ2) is 8.85. The van der Waals surface area contributed by atoms with E-state index in [0.717, 1.165) is 0 Å². The smallest absolute Gasteiger partial charge is 0.144 e. The fourth-order valence-electron chi connectivity index (χ4n) is 2.02. The molecule has 16 nitrogen and oxygen atoms in total. The van der Waals surface area contributed by atoms with E-state index in [0.29, 0.717) is 0 Å². The van der Waals surface area contributed by atoms with E-state index in [-0.39, 0.29) is 12.8 Å². The molecule has 1 aliphatic rings. The molecule has 1 aliphatic carbocycles. The Labute approximate surface area is 121 Å². The van der Waals surface area contributed by atoms with Crippen LogP contribution in [0.5, 0.6) is 0 Å². The van der Waals surface area contributed by atoms with Gasteiger partial charge in [0.25, 0.3) is 0 Å². The molecule has 4 unspecified atom stereocenters. The maximum atomic E-state index is 8.70. The minimum Gasteiger partial charge on any atom is -0.266 e. The van der Waals surface area contributed by atoms with Gasteiger partial charge in [-0.05, 0) is 12.8 Å².